The molecule has 0 atom stereocenters. The minimum Gasteiger partial charge on any atom is -0.506 e. The number of benzene rings is 2. The zero-order valence-corrected chi connectivity index (χ0v) is 14.2. The Morgan fingerprint density at radius 1 is 1.00 bits per heavy atom. The highest BCUT2D eigenvalue weighted by molar-refractivity contribution is 9.11. The van der Waals surface area contributed by atoms with Crippen LogP contribution in [0, 0.1) is 0 Å². The standard InChI is InChI=1S/C13H8Br3NO2/c14-8-1-3-9(4-2-8)17-13(19)7-5-10(15)12(18)11(16)6-7/h1-6,18H,(H,17,19). The Hall–Kier alpha value is -0.850. The van der Waals surface area contributed by atoms with Crippen LogP contribution in [0.25, 0.3) is 0 Å². The number of aromatic hydroxyl groups is 1. The van der Waals surface area contributed by atoms with Gasteiger partial charge in [0.15, 0.2) is 0 Å². The van der Waals surface area contributed by atoms with Crippen molar-refractivity contribution in [1.82, 2.24) is 0 Å². The molecule has 0 saturated carbocycles. The number of hydrogen-bond acceptors (Lipinski definition) is 2. The van der Waals surface area contributed by atoms with Crippen molar-refractivity contribution in [3.05, 3.63) is 55.4 Å². The van der Waals surface area contributed by atoms with Crippen LogP contribution in [-0.2, 0) is 0 Å². The molecule has 2 aromatic carbocycles. The highest BCUT2D eigenvalue weighted by Gasteiger charge is 2.12. The molecule has 1 amide bonds. The number of nitrogens with one attached hydrogen (secondary N) is 1. The SMILES string of the molecule is O=C(Nc1ccc(Br)cc1)c1cc(Br)c(O)c(Br)c1. The van der Waals surface area contributed by atoms with Crippen LogP contribution < -0.4 is 5.32 Å². The Balaban J connectivity index is 2.23. The maximum atomic E-state index is 12.1. The normalized spacial score (nSPS) is 10.3. The molecule has 0 aliphatic rings. The molecule has 98 valence electrons. The molecule has 0 saturated heterocycles. The van der Waals surface area contributed by atoms with Crippen LogP contribution in [-0.4, -0.2) is 11.0 Å². The third-order valence-corrected chi connectivity index (χ3v) is 4.12. The van der Waals surface area contributed by atoms with Gasteiger partial charge in [0.05, 0.1) is 8.95 Å². The van der Waals surface area contributed by atoms with Gasteiger partial charge in [-0.1, -0.05) is 15.9 Å². The summed E-state index contributed by atoms with van der Waals surface area (Å²) in [5.41, 5.74) is 1.15. The lowest BCUT2D eigenvalue weighted by Crippen LogP contribution is -2.11. The van der Waals surface area contributed by atoms with Gasteiger partial charge < -0.3 is 10.4 Å². The van der Waals surface area contributed by atoms with Crippen LogP contribution in [0.15, 0.2) is 49.8 Å². The molecule has 0 spiro atoms. The zero-order chi connectivity index (χ0) is 14.0. The highest BCUT2D eigenvalue weighted by atomic mass is 79.9. The maximum Gasteiger partial charge on any atom is 0.255 e. The van der Waals surface area contributed by atoms with E-state index in [0.717, 1.165) is 4.47 Å². The first kappa shape index (κ1) is 14.6. The molecular formula is C13H8Br3NO2. The summed E-state index contributed by atoms with van der Waals surface area (Å²) in [6.07, 6.45) is 0. The topological polar surface area (TPSA) is 49.3 Å². The summed E-state index contributed by atoms with van der Waals surface area (Å²) in [6, 6.07) is 10.4. The Labute approximate surface area is 135 Å². The number of carbonyl (C=O) groups is 1. The fourth-order valence-corrected chi connectivity index (χ4v) is 2.88. The van der Waals surface area contributed by atoms with Crippen molar-refractivity contribution in [2.75, 3.05) is 5.32 Å². The second-order valence-corrected chi connectivity index (χ2v) is 6.37. The molecule has 0 radical (unpaired) electrons. The largest absolute Gasteiger partial charge is 0.506 e. The van der Waals surface area contributed by atoms with Gasteiger partial charge in [-0.15, -0.1) is 0 Å². The van der Waals surface area contributed by atoms with Gasteiger partial charge in [-0.25, -0.2) is 0 Å². The van der Waals surface area contributed by atoms with Crippen molar-refractivity contribution < 1.29 is 9.90 Å². The van der Waals surface area contributed by atoms with Crippen LogP contribution in [0.4, 0.5) is 5.69 Å². The third kappa shape index (κ3) is 3.58. The molecule has 2 aromatic rings. The molecule has 0 unspecified atom stereocenters. The van der Waals surface area contributed by atoms with E-state index in [1.807, 2.05) is 12.1 Å². The van der Waals surface area contributed by atoms with Gasteiger partial charge in [0, 0.05) is 15.7 Å². The predicted molar refractivity (Wildman–Crippen MR) is 85.6 cm³/mol. The summed E-state index contributed by atoms with van der Waals surface area (Å²) in [5, 5.41) is 12.4. The fraction of sp³-hybridized carbons (Fsp3) is 0. The monoisotopic (exact) mass is 447 g/mol. The van der Waals surface area contributed by atoms with Crippen LogP contribution in [0.2, 0.25) is 0 Å². The lowest BCUT2D eigenvalue weighted by molar-refractivity contribution is 0.102. The first-order valence-corrected chi connectivity index (χ1v) is 7.60. The molecule has 2 N–H and O–H groups in total. The number of halogens is 3. The predicted octanol–water partition coefficient (Wildman–Crippen LogP) is 4.93. The molecule has 0 aromatic heterocycles. The van der Waals surface area contributed by atoms with E-state index in [4.69, 9.17) is 0 Å². The van der Waals surface area contributed by atoms with E-state index < -0.39 is 0 Å². The van der Waals surface area contributed by atoms with Crippen molar-refractivity contribution in [3.63, 3.8) is 0 Å². The van der Waals surface area contributed by atoms with Gasteiger partial charge in [0.25, 0.3) is 5.91 Å². The third-order valence-electron chi connectivity index (χ3n) is 2.38. The van der Waals surface area contributed by atoms with E-state index in [1.54, 1.807) is 24.3 Å². The van der Waals surface area contributed by atoms with Crippen molar-refractivity contribution in [2.24, 2.45) is 0 Å². The summed E-state index contributed by atoms with van der Waals surface area (Å²) in [4.78, 5) is 12.1. The number of phenolic OH excluding ortho intramolecular Hbond substituents is 1. The smallest absolute Gasteiger partial charge is 0.255 e. The first-order chi connectivity index (χ1) is 8.97. The summed E-state index contributed by atoms with van der Waals surface area (Å²) >= 11 is 9.72. The zero-order valence-electron chi connectivity index (χ0n) is 9.45. The van der Waals surface area contributed by atoms with E-state index in [1.165, 1.54) is 0 Å². The number of amides is 1. The molecule has 6 heteroatoms. The minimum absolute atomic E-state index is 0.0696. The van der Waals surface area contributed by atoms with Gasteiger partial charge in [-0.05, 0) is 68.3 Å². The Morgan fingerprint density at radius 2 is 1.53 bits per heavy atom. The Morgan fingerprint density at radius 3 is 2.05 bits per heavy atom. The molecule has 3 nitrogen and oxygen atoms in total. The first-order valence-electron chi connectivity index (χ1n) is 5.22. The molecule has 0 heterocycles. The lowest BCUT2D eigenvalue weighted by Gasteiger charge is -2.07. The second kappa shape index (κ2) is 6.07. The van der Waals surface area contributed by atoms with E-state index >= 15 is 0 Å². The van der Waals surface area contributed by atoms with E-state index in [0.29, 0.717) is 20.2 Å². The van der Waals surface area contributed by atoms with Gasteiger partial charge in [0.2, 0.25) is 0 Å². The number of rotatable bonds is 2. The number of hydrogen-bond donors (Lipinski definition) is 2. The molecular weight excluding hydrogens is 442 g/mol. The van der Waals surface area contributed by atoms with Crippen LogP contribution >= 0.6 is 47.8 Å². The number of anilines is 1. The average molecular weight is 450 g/mol. The van der Waals surface area contributed by atoms with Gasteiger partial charge >= 0.3 is 0 Å². The molecule has 0 aliphatic heterocycles. The van der Waals surface area contributed by atoms with Gasteiger partial charge in [0.1, 0.15) is 5.75 Å². The molecule has 0 bridgehead atoms. The van der Waals surface area contributed by atoms with Crippen LogP contribution in [0.5, 0.6) is 5.75 Å². The Kier molecular flexibility index (Phi) is 4.65. The second-order valence-electron chi connectivity index (χ2n) is 3.75. The summed E-state index contributed by atoms with van der Waals surface area (Å²) < 4.78 is 1.87. The quantitative estimate of drug-likeness (QED) is 0.682. The van der Waals surface area contributed by atoms with Crippen LogP contribution in [0.1, 0.15) is 10.4 Å². The summed E-state index contributed by atoms with van der Waals surface area (Å²) in [6.45, 7) is 0. The number of carbonyl (C=O) groups excluding carboxylic acids is 1. The molecule has 2 rings (SSSR count). The average Bonchev–Trinajstić information content (AvgIpc) is 2.38. The van der Waals surface area contributed by atoms with Crippen molar-refractivity contribution >= 4 is 59.4 Å². The van der Waals surface area contributed by atoms with Gasteiger partial charge in [-0.3, -0.25) is 4.79 Å². The van der Waals surface area contributed by atoms with Gasteiger partial charge in [-0.2, -0.15) is 0 Å². The van der Waals surface area contributed by atoms with E-state index in [2.05, 4.69) is 53.1 Å². The molecule has 19 heavy (non-hydrogen) atoms. The maximum absolute atomic E-state index is 12.1. The molecule has 0 aliphatic carbocycles. The van der Waals surface area contributed by atoms with Crippen molar-refractivity contribution in [1.29, 1.82) is 0 Å². The van der Waals surface area contributed by atoms with Crippen LogP contribution in [0.3, 0.4) is 0 Å². The molecule has 0 fully saturated rings. The lowest BCUT2D eigenvalue weighted by atomic mass is 10.2. The van der Waals surface area contributed by atoms with E-state index in [9.17, 15) is 9.90 Å². The van der Waals surface area contributed by atoms with Crippen molar-refractivity contribution in [2.45, 2.75) is 0 Å². The Bertz CT molecular complexity index is 603. The highest BCUT2D eigenvalue weighted by Crippen LogP contribution is 2.33. The summed E-state index contributed by atoms with van der Waals surface area (Å²) in [7, 11) is 0. The summed E-state index contributed by atoms with van der Waals surface area (Å²) in [5.74, 6) is -0.177. The van der Waals surface area contributed by atoms with Crippen molar-refractivity contribution in [3.8, 4) is 5.75 Å². The van der Waals surface area contributed by atoms with E-state index in [-0.39, 0.29) is 11.7 Å². The minimum atomic E-state index is -0.247. The number of phenols is 1. The fourth-order valence-electron chi connectivity index (χ4n) is 1.43.